The van der Waals surface area contributed by atoms with Gasteiger partial charge in [-0.2, -0.15) is 5.10 Å². The van der Waals surface area contributed by atoms with Crippen molar-refractivity contribution in [3.8, 4) is 22.7 Å². The van der Waals surface area contributed by atoms with Gasteiger partial charge in [-0.3, -0.25) is 4.79 Å². The van der Waals surface area contributed by atoms with E-state index in [9.17, 15) is 9.18 Å². The third kappa shape index (κ3) is 4.98. The molecule has 0 saturated heterocycles. The molecule has 0 aliphatic heterocycles. The molecule has 0 saturated carbocycles. The van der Waals surface area contributed by atoms with Gasteiger partial charge in [0.2, 0.25) is 5.91 Å². The summed E-state index contributed by atoms with van der Waals surface area (Å²) in [6.45, 7) is 0.314. The maximum atomic E-state index is 13.4. The van der Waals surface area contributed by atoms with Gasteiger partial charge in [-0.05, 0) is 54.1 Å². The summed E-state index contributed by atoms with van der Waals surface area (Å²) in [6.07, 6.45) is 2.16. The first kappa shape index (κ1) is 20.3. The number of nitrogens with zero attached hydrogens (tertiary/aromatic N) is 2. The van der Waals surface area contributed by atoms with E-state index in [1.54, 1.807) is 23.9 Å². The molecule has 0 aliphatic carbocycles. The zero-order valence-electron chi connectivity index (χ0n) is 17.1. The molecule has 1 aromatic heterocycles. The van der Waals surface area contributed by atoms with Gasteiger partial charge in [0, 0.05) is 23.9 Å². The fourth-order valence-electron chi connectivity index (χ4n) is 3.29. The molecule has 156 valence electrons. The molecule has 0 fully saturated rings. The van der Waals surface area contributed by atoms with E-state index in [1.807, 2.05) is 60.8 Å². The molecule has 4 rings (SSSR count). The van der Waals surface area contributed by atoms with Crippen molar-refractivity contribution < 1.29 is 13.9 Å². The van der Waals surface area contributed by atoms with Crippen LogP contribution in [0.4, 0.5) is 4.39 Å². The zero-order valence-corrected chi connectivity index (χ0v) is 17.1. The summed E-state index contributed by atoms with van der Waals surface area (Å²) in [5, 5.41) is 7.66. The van der Waals surface area contributed by atoms with Crippen LogP contribution in [0.5, 0.6) is 5.75 Å². The SMILES string of the molecule is COc1ccc(CC(=O)NCc2cn(-c3ccccc3)nc2-c2ccc(F)cc2)cc1. The summed E-state index contributed by atoms with van der Waals surface area (Å²) >= 11 is 0. The first-order chi connectivity index (χ1) is 15.1. The van der Waals surface area contributed by atoms with Gasteiger partial charge in [0.1, 0.15) is 11.6 Å². The number of benzene rings is 3. The normalized spacial score (nSPS) is 10.6. The minimum atomic E-state index is -0.305. The monoisotopic (exact) mass is 415 g/mol. The van der Waals surface area contributed by atoms with Crippen LogP contribution in [0.1, 0.15) is 11.1 Å². The fraction of sp³-hybridized carbons (Fsp3) is 0.120. The molecule has 1 N–H and O–H groups in total. The second-order valence-electron chi connectivity index (χ2n) is 7.09. The van der Waals surface area contributed by atoms with Gasteiger partial charge in [-0.25, -0.2) is 9.07 Å². The Kier molecular flexibility index (Phi) is 6.08. The van der Waals surface area contributed by atoms with Crippen molar-refractivity contribution in [2.75, 3.05) is 7.11 Å². The summed E-state index contributed by atoms with van der Waals surface area (Å²) in [5.74, 6) is 0.352. The molecule has 0 radical (unpaired) electrons. The van der Waals surface area contributed by atoms with Crippen molar-refractivity contribution in [2.24, 2.45) is 0 Å². The number of para-hydroxylation sites is 1. The maximum Gasteiger partial charge on any atom is 0.224 e. The number of methoxy groups -OCH3 is 1. The second-order valence-corrected chi connectivity index (χ2v) is 7.09. The van der Waals surface area contributed by atoms with Crippen LogP contribution in [0.15, 0.2) is 85.1 Å². The number of amides is 1. The highest BCUT2D eigenvalue weighted by Gasteiger charge is 2.14. The molecule has 0 bridgehead atoms. The lowest BCUT2D eigenvalue weighted by molar-refractivity contribution is -0.120. The Morgan fingerprint density at radius 3 is 2.39 bits per heavy atom. The van der Waals surface area contributed by atoms with Gasteiger partial charge >= 0.3 is 0 Å². The third-order valence-electron chi connectivity index (χ3n) is 4.93. The van der Waals surface area contributed by atoms with Crippen LogP contribution >= 0.6 is 0 Å². The smallest absolute Gasteiger partial charge is 0.224 e. The first-order valence-corrected chi connectivity index (χ1v) is 9.92. The minimum Gasteiger partial charge on any atom is -0.497 e. The van der Waals surface area contributed by atoms with Crippen LogP contribution in [0.3, 0.4) is 0 Å². The van der Waals surface area contributed by atoms with Crippen LogP contribution in [-0.4, -0.2) is 22.8 Å². The summed E-state index contributed by atoms with van der Waals surface area (Å²) in [7, 11) is 1.61. The molecule has 3 aromatic carbocycles. The van der Waals surface area contributed by atoms with Crippen LogP contribution in [0.25, 0.3) is 16.9 Å². The molecular formula is C25H22FN3O2. The molecule has 1 amide bonds. The number of ether oxygens (including phenoxy) is 1. The summed E-state index contributed by atoms with van der Waals surface area (Å²) in [5.41, 5.74) is 4.14. The van der Waals surface area contributed by atoms with Gasteiger partial charge in [0.15, 0.2) is 0 Å². The lowest BCUT2D eigenvalue weighted by Crippen LogP contribution is -2.24. The van der Waals surface area contributed by atoms with Crippen molar-refractivity contribution in [3.63, 3.8) is 0 Å². The number of aromatic nitrogens is 2. The van der Waals surface area contributed by atoms with Crippen LogP contribution < -0.4 is 10.1 Å². The van der Waals surface area contributed by atoms with Gasteiger partial charge in [-0.1, -0.05) is 30.3 Å². The lowest BCUT2D eigenvalue weighted by atomic mass is 10.1. The van der Waals surface area contributed by atoms with Gasteiger partial charge in [0.25, 0.3) is 0 Å². The van der Waals surface area contributed by atoms with E-state index >= 15 is 0 Å². The fourth-order valence-corrected chi connectivity index (χ4v) is 3.29. The maximum absolute atomic E-state index is 13.4. The Morgan fingerprint density at radius 2 is 1.71 bits per heavy atom. The quantitative estimate of drug-likeness (QED) is 0.482. The van der Waals surface area contributed by atoms with E-state index in [2.05, 4.69) is 5.32 Å². The topological polar surface area (TPSA) is 56.1 Å². The van der Waals surface area contributed by atoms with Crippen molar-refractivity contribution in [3.05, 3.63) is 102 Å². The Hall–Kier alpha value is -3.93. The number of halogens is 1. The van der Waals surface area contributed by atoms with Gasteiger partial charge in [-0.15, -0.1) is 0 Å². The largest absolute Gasteiger partial charge is 0.497 e. The van der Waals surface area contributed by atoms with E-state index in [-0.39, 0.29) is 18.1 Å². The summed E-state index contributed by atoms with van der Waals surface area (Å²) in [4.78, 5) is 12.5. The van der Waals surface area contributed by atoms with Crippen molar-refractivity contribution in [1.29, 1.82) is 0 Å². The number of hydrogen-bond donors (Lipinski definition) is 1. The van der Waals surface area contributed by atoms with Crippen LogP contribution in [0.2, 0.25) is 0 Å². The average Bonchev–Trinajstić information content (AvgIpc) is 3.24. The minimum absolute atomic E-state index is 0.0947. The molecular weight excluding hydrogens is 393 g/mol. The van der Waals surface area contributed by atoms with Crippen LogP contribution in [-0.2, 0) is 17.8 Å². The van der Waals surface area contributed by atoms with E-state index < -0.39 is 0 Å². The van der Waals surface area contributed by atoms with Crippen molar-refractivity contribution in [2.45, 2.75) is 13.0 Å². The Labute approximate surface area is 180 Å². The molecule has 0 aliphatic rings. The summed E-state index contributed by atoms with van der Waals surface area (Å²) in [6, 6.07) is 23.3. The molecule has 5 nitrogen and oxygen atoms in total. The lowest BCUT2D eigenvalue weighted by Gasteiger charge is -2.07. The number of nitrogens with one attached hydrogen (secondary N) is 1. The Bertz CT molecular complexity index is 1150. The van der Waals surface area contributed by atoms with Crippen LogP contribution in [0, 0.1) is 5.82 Å². The Balaban J connectivity index is 1.53. The Morgan fingerprint density at radius 1 is 1.00 bits per heavy atom. The third-order valence-corrected chi connectivity index (χ3v) is 4.93. The predicted molar refractivity (Wildman–Crippen MR) is 118 cm³/mol. The van der Waals surface area contributed by atoms with Crippen molar-refractivity contribution in [1.82, 2.24) is 15.1 Å². The first-order valence-electron chi connectivity index (χ1n) is 9.92. The molecule has 0 unspecified atom stereocenters. The van der Waals surface area contributed by atoms with E-state index in [1.165, 1.54) is 12.1 Å². The highest BCUT2D eigenvalue weighted by atomic mass is 19.1. The standard InChI is InChI=1S/C25H22FN3O2/c1-31-23-13-7-18(8-14-23)15-24(30)27-16-20-17-29(22-5-3-2-4-6-22)28-25(20)19-9-11-21(26)12-10-19/h2-14,17H,15-16H2,1H3,(H,27,30). The van der Waals surface area contributed by atoms with E-state index in [0.29, 0.717) is 12.2 Å². The molecule has 4 aromatic rings. The molecule has 0 atom stereocenters. The summed E-state index contributed by atoms with van der Waals surface area (Å²) < 4.78 is 20.3. The molecule has 31 heavy (non-hydrogen) atoms. The van der Waals surface area contributed by atoms with E-state index in [0.717, 1.165) is 28.1 Å². The van der Waals surface area contributed by atoms with E-state index in [4.69, 9.17) is 9.84 Å². The molecule has 1 heterocycles. The number of hydrogen-bond acceptors (Lipinski definition) is 3. The van der Waals surface area contributed by atoms with Gasteiger partial charge in [0.05, 0.1) is 24.9 Å². The highest BCUT2D eigenvalue weighted by Crippen LogP contribution is 2.24. The highest BCUT2D eigenvalue weighted by molar-refractivity contribution is 5.79. The second kappa shape index (κ2) is 9.26. The number of carbonyl (C=O) groups is 1. The number of rotatable bonds is 7. The predicted octanol–water partition coefficient (Wildman–Crippen LogP) is 4.55. The van der Waals surface area contributed by atoms with Crippen molar-refractivity contribution >= 4 is 5.91 Å². The number of carbonyl (C=O) groups excluding carboxylic acids is 1. The molecule has 6 heteroatoms. The zero-order chi connectivity index (χ0) is 21.6. The van der Waals surface area contributed by atoms with Gasteiger partial charge < -0.3 is 10.1 Å². The molecule has 0 spiro atoms. The average molecular weight is 415 g/mol.